The number of carboxylic acid groups (broad SMARTS) is 1. The predicted octanol–water partition coefficient (Wildman–Crippen LogP) is 1.84. The molecular formula is C13H17FN2O3. The van der Waals surface area contributed by atoms with Crippen molar-refractivity contribution in [2.24, 2.45) is 5.92 Å². The van der Waals surface area contributed by atoms with Crippen molar-refractivity contribution in [3.8, 4) is 0 Å². The number of carboxylic acids is 1. The molecule has 0 aliphatic heterocycles. The van der Waals surface area contributed by atoms with Crippen LogP contribution in [0.4, 0.5) is 4.39 Å². The van der Waals surface area contributed by atoms with Gasteiger partial charge in [0.2, 0.25) is 0 Å². The SMILES string of the molecule is CC(C)C(C)(CC(=O)O)NC(=O)c1cncc(F)c1. The first-order valence-corrected chi connectivity index (χ1v) is 5.89. The van der Waals surface area contributed by atoms with E-state index in [-0.39, 0.29) is 17.9 Å². The maximum Gasteiger partial charge on any atom is 0.305 e. The van der Waals surface area contributed by atoms with Crippen molar-refractivity contribution in [3.63, 3.8) is 0 Å². The Hall–Kier alpha value is -1.98. The summed E-state index contributed by atoms with van der Waals surface area (Å²) in [6, 6.07) is 1.06. The molecule has 1 atom stereocenters. The van der Waals surface area contributed by atoms with Crippen LogP contribution in [0, 0.1) is 11.7 Å². The van der Waals surface area contributed by atoms with Gasteiger partial charge in [-0.15, -0.1) is 0 Å². The zero-order valence-corrected chi connectivity index (χ0v) is 11.1. The number of carbonyl (C=O) groups excluding carboxylic acids is 1. The van der Waals surface area contributed by atoms with Gasteiger partial charge in [-0.3, -0.25) is 14.6 Å². The first kappa shape index (κ1) is 15.1. The molecule has 1 rings (SSSR count). The first-order chi connectivity index (χ1) is 8.74. The van der Waals surface area contributed by atoms with Crippen LogP contribution in [0.2, 0.25) is 0 Å². The molecule has 0 aliphatic rings. The van der Waals surface area contributed by atoms with Crippen LogP contribution in [0.5, 0.6) is 0 Å². The van der Waals surface area contributed by atoms with Crippen molar-refractivity contribution < 1.29 is 19.1 Å². The Morgan fingerprint density at radius 1 is 1.47 bits per heavy atom. The Kier molecular flexibility index (Phi) is 4.58. The number of nitrogens with zero attached hydrogens (tertiary/aromatic N) is 1. The Bertz CT molecular complexity index is 491. The molecule has 6 heteroatoms. The molecule has 0 saturated carbocycles. The summed E-state index contributed by atoms with van der Waals surface area (Å²) in [6.07, 6.45) is 2.02. The van der Waals surface area contributed by atoms with E-state index < -0.39 is 23.2 Å². The summed E-state index contributed by atoms with van der Waals surface area (Å²) in [4.78, 5) is 26.4. The first-order valence-electron chi connectivity index (χ1n) is 5.89. The van der Waals surface area contributed by atoms with Crippen molar-refractivity contribution in [2.75, 3.05) is 0 Å². The van der Waals surface area contributed by atoms with Gasteiger partial charge >= 0.3 is 5.97 Å². The summed E-state index contributed by atoms with van der Waals surface area (Å²) < 4.78 is 13.0. The third-order valence-electron chi connectivity index (χ3n) is 3.16. The van der Waals surface area contributed by atoms with E-state index in [1.807, 2.05) is 13.8 Å². The molecule has 0 fully saturated rings. The van der Waals surface area contributed by atoms with E-state index in [2.05, 4.69) is 10.3 Å². The van der Waals surface area contributed by atoms with Crippen LogP contribution in [0.15, 0.2) is 18.5 Å². The van der Waals surface area contributed by atoms with Gasteiger partial charge in [0.1, 0.15) is 5.82 Å². The highest BCUT2D eigenvalue weighted by atomic mass is 19.1. The number of aliphatic carboxylic acids is 1. The third kappa shape index (κ3) is 4.01. The van der Waals surface area contributed by atoms with Gasteiger partial charge in [-0.1, -0.05) is 13.8 Å². The standard InChI is InChI=1S/C13H17FN2O3/c1-8(2)13(3,5-11(17)18)16-12(19)9-4-10(14)7-15-6-9/h4,6-8H,5H2,1-3H3,(H,16,19)(H,17,18). The minimum Gasteiger partial charge on any atom is -0.481 e. The van der Waals surface area contributed by atoms with Crippen LogP contribution >= 0.6 is 0 Å². The number of hydrogen-bond donors (Lipinski definition) is 2. The summed E-state index contributed by atoms with van der Waals surface area (Å²) in [5, 5.41) is 11.5. The van der Waals surface area contributed by atoms with Crippen molar-refractivity contribution >= 4 is 11.9 Å². The molecule has 0 radical (unpaired) electrons. The molecule has 1 amide bonds. The number of aromatic nitrogens is 1. The zero-order chi connectivity index (χ0) is 14.6. The predicted molar refractivity (Wildman–Crippen MR) is 67.2 cm³/mol. The number of nitrogens with one attached hydrogen (secondary N) is 1. The summed E-state index contributed by atoms with van der Waals surface area (Å²) >= 11 is 0. The van der Waals surface area contributed by atoms with E-state index in [1.54, 1.807) is 6.92 Å². The van der Waals surface area contributed by atoms with E-state index in [9.17, 15) is 14.0 Å². The molecule has 1 aromatic rings. The molecule has 0 bridgehead atoms. The minimum atomic E-state index is -1.01. The second-order valence-corrected chi connectivity index (χ2v) is 4.99. The van der Waals surface area contributed by atoms with E-state index in [0.29, 0.717) is 0 Å². The maximum absolute atomic E-state index is 13.0. The van der Waals surface area contributed by atoms with Crippen LogP contribution in [0.3, 0.4) is 0 Å². The van der Waals surface area contributed by atoms with Gasteiger partial charge in [-0.2, -0.15) is 0 Å². The van der Waals surface area contributed by atoms with E-state index in [0.717, 1.165) is 12.3 Å². The lowest BCUT2D eigenvalue weighted by atomic mass is 9.85. The Balaban J connectivity index is 2.91. The highest BCUT2D eigenvalue weighted by Gasteiger charge is 2.33. The summed E-state index contributed by atoms with van der Waals surface area (Å²) in [6.45, 7) is 5.27. The van der Waals surface area contributed by atoms with Gasteiger partial charge in [-0.05, 0) is 18.9 Å². The Labute approximate surface area is 110 Å². The summed E-state index contributed by atoms with van der Waals surface area (Å²) in [5.74, 6) is -2.25. The number of halogens is 1. The summed E-state index contributed by atoms with van der Waals surface area (Å²) in [5.41, 5.74) is -0.841. The van der Waals surface area contributed by atoms with Crippen LogP contribution < -0.4 is 5.32 Å². The molecule has 19 heavy (non-hydrogen) atoms. The molecule has 5 nitrogen and oxygen atoms in total. The molecule has 0 saturated heterocycles. The second kappa shape index (κ2) is 5.77. The van der Waals surface area contributed by atoms with Crippen molar-refractivity contribution in [3.05, 3.63) is 29.8 Å². The molecule has 104 valence electrons. The van der Waals surface area contributed by atoms with Gasteiger partial charge in [0.15, 0.2) is 0 Å². The van der Waals surface area contributed by atoms with E-state index in [4.69, 9.17) is 5.11 Å². The van der Waals surface area contributed by atoms with Crippen LogP contribution in [0.25, 0.3) is 0 Å². The molecule has 1 unspecified atom stereocenters. The molecule has 1 aromatic heterocycles. The molecule has 2 N–H and O–H groups in total. The minimum absolute atomic E-state index is 0.0669. The zero-order valence-electron chi connectivity index (χ0n) is 11.1. The fraction of sp³-hybridized carbons (Fsp3) is 0.462. The lowest BCUT2D eigenvalue weighted by molar-refractivity contribution is -0.138. The molecule has 0 spiro atoms. The smallest absolute Gasteiger partial charge is 0.305 e. The van der Waals surface area contributed by atoms with Crippen molar-refractivity contribution in [2.45, 2.75) is 32.7 Å². The summed E-state index contributed by atoms with van der Waals surface area (Å²) in [7, 11) is 0. The van der Waals surface area contributed by atoms with Gasteiger partial charge in [0.25, 0.3) is 5.91 Å². The quantitative estimate of drug-likeness (QED) is 0.854. The van der Waals surface area contributed by atoms with Gasteiger partial charge < -0.3 is 10.4 Å². The van der Waals surface area contributed by atoms with Gasteiger partial charge in [-0.25, -0.2) is 4.39 Å². The largest absolute Gasteiger partial charge is 0.481 e. The topological polar surface area (TPSA) is 79.3 Å². The molecule has 0 aromatic carbocycles. The van der Waals surface area contributed by atoms with Crippen LogP contribution in [-0.4, -0.2) is 27.5 Å². The second-order valence-electron chi connectivity index (χ2n) is 4.99. The average molecular weight is 268 g/mol. The number of carbonyl (C=O) groups is 2. The highest BCUT2D eigenvalue weighted by molar-refractivity contribution is 5.94. The number of rotatable bonds is 5. The van der Waals surface area contributed by atoms with E-state index >= 15 is 0 Å². The van der Waals surface area contributed by atoms with Crippen molar-refractivity contribution in [1.82, 2.24) is 10.3 Å². The fourth-order valence-corrected chi connectivity index (χ4v) is 1.57. The van der Waals surface area contributed by atoms with E-state index in [1.165, 1.54) is 6.20 Å². The maximum atomic E-state index is 13.0. The normalized spacial score (nSPS) is 13.9. The average Bonchev–Trinajstić information content (AvgIpc) is 2.27. The molecular weight excluding hydrogens is 251 g/mol. The third-order valence-corrected chi connectivity index (χ3v) is 3.16. The lowest BCUT2D eigenvalue weighted by Crippen LogP contribution is -2.51. The highest BCUT2D eigenvalue weighted by Crippen LogP contribution is 2.21. The monoisotopic (exact) mass is 268 g/mol. The van der Waals surface area contributed by atoms with Crippen molar-refractivity contribution in [1.29, 1.82) is 0 Å². The van der Waals surface area contributed by atoms with Crippen LogP contribution in [0.1, 0.15) is 37.6 Å². The van der Waals surface area contributed by atoms with Gasteiger partial charge in [0.05, 0.1) is 23.7 Å². The van der Waals surface area contributed by atoms with Gasteiger partial charge in [0, 0.05) is 6.20 Å². The Morgan fingerprint density at radius 2 is 2.11 bits per heavy atom. The number of pyridine rings is 1. The Morgan fingerprint density at radius 3 is 2.58 bits per heavy atom. The molecule has 1 heterocycles. The fourth-order valence-electron chi connectivity index (χ4n) is 1.57. The number of amides is 1. The lowest BCUT2D eigenvalue weighted by Gasteiger charge is -2.33. The molecule has 0 aliphatic carbocycles. The number of hydrogen-bond acceptors (Lipinski definition) is 3. The van der Waals surface area contributed by atoms with Crippen LogP contribution in [-0.2, 0) is 4.79 Å².